The predicted octanol–water partition coefficient (Wildman–Crippen LogP) is 4.00. The van der Waals surface area contributed by atoms with E-state index in [1.54, 1.807) is 37.3 Å². The van der Waals surface area contributed by atoms with E-state index in [1.807, 2.05) is 13.8 Å². The molecule has 0 aliphatic heterocycles. The molecule has 0 aliphatic rings. The van der Waals surface area contributed by atoms with E-state index in [2.05, 4.69) is 5.10 Å². The van der Waals surface area contributed by atoms with Crippen molar-refractivity contribution in [2.75, 3.05) is 0 Å². The highest BCUT2D eigenvalue weighted by Crippen LogP contribution is 2.30. The summed E-state index contributed by atoms with van der Waals surface area (Å²) < 4.78 is 32.0. The van der Waals surface area contributed by atoms with E-state index in [4.69, 9.17) is 15.8 Å². The van der Waals surface area contributed by atoms with E-state index in [0.29, 0.717) is 5.69 Å². The summed E-state index contributed by atoms with van der Waals surface area (Å²) in [5.41, 5.74) is 2.48. The van der Waals surface area contributed by atoms with Crippen molar-refractivity contribution in [1.82, 2.24) is 9.78 Å². The van der Waals surface area contributed by atoms with E-state index in [0.717, 1.165) is 11.1 Å². The van der Waals surface area contributed by atoms with E-state index < -0.39 is 15.9 Å². The van der Waals surface area contributed by atoms with Crippen molar-refractivity contribution < 1.29 is 17.4 Å². The number of hydrogen-bond donors (Lipinski definition) is 0. The molecule has 0 saturated carbocycles. The zero-order valence-corrected chi connectivity index (χ0v) is 17.4. The average molecular weight is 419 g/mol. The number of aromatic nitrogens is 2. The van der Waals surface area contributed by atoms with Crippen LogP contribution in [0.25, 0.3) is 0 Å². The second-order valence-electron chi connectivity index (χ2n) is 6.55. The molecule has 0 bridgehead atoms. The van der Waals surface area contributed by atoms with Gasteiger partial charge in [0, 0.05) is 12.6 Å². The Bertz CT molecular complexity index is 1170. The van der Waals surface area contributed by atoms with Crippen LogP contribution in [-0.2, 0) is 17.2 Å². The number of benzene rings is 2. The minimum Gasteiger partial charge on any atom is -0.358 e. The lowest BCUT2D eigenvalue weighted by molar-refractivity contribution is 0.103. The number of carbonyl (C=O) groups excluding carboxylic acids is 1. The maximum Gasteiger partial charge on any atom is 0.340 e. The van der Waals surface area contributed by atoms with Crippen molar-refractivity contribution in [3.05, 3.63) is 75.4 Å². The average Bonchev–Trinajstić information content (AvgIpc) is 2.87. The van der Waals surface area contributed by atoms with Crippen molar-refractivity contribution >= 4 is 27.5 Å². The van der Waals surface area contributed by atoms with Gasteiger partial charge in [0.1, 0.15) is 10.5 Å². The predicted molar refractivity (Wildman–Crippen MR) is 107 cm³/mol. The first-order valence-electron chi connectivity index (χ1n) is 8.46. The maximum absolute atomic E-state index is 13.1. The fourth-order valence-corrected chi connectivity index (χ4v) is 4.08. The molecule has 0 unspecified atom stereocenters. The molecule has 0 atom stereocenters. The van der Waals surface area contributed by atoms with Gasteiger partial charge in [-0.1, -0.05) is 35.4 Å². The summed E-state index contributed by atoms with van der Waals surface area (Å²) >= 11 is 6.22. The maximum atomic E-state index is 13.1. The van der Waals surface area contributed by atoms with Crippen LogP contribution in [0.2, 0.25) is 5.02 Å². The molecule has 1 aromatic heterocycles. The highest BCUT2D eigenvalue weighted by molar-refractivity contribution is 7.87. The quantitative estimate of drug-likeness (QED) is 0.462. The van der Waals surface area contributed by atoms with Gasteiger partial charge in [-0.15, -0.1) is 0 Å². The minimum atomic E-state index is -4.14. The number of rotatable bonds is 5. The van der Waals surface area contributed by atoms with Crippen molar-refractivity contribution in [3.63, 3.8) is 0 Å². The van der Waals surface area contributed by atoms with Gasteiger partial charge in [0.15, 0.2) is 0 Å². The van der Waals surface area contributed by atoms with Crippen LogP contribution in [0.5, 0.6) is 5.88 Å². The van der Waals surface area contributed by atoms with Crippen LogP contribution in [-0.4, -0.2) is 24.0 Å². The number of carbonyl (C=O) groups is 1. The van der Waals surface area contributed by atoms with E-state index in [9.17, 15) is 13.2 Å². The largest absolute Gasteiger partial charge is 0.358 e. The molecule has 2 aromatic carbocycles. The van der Waals surface area contributed by atoms with Gasteiger partial charge in [0.2, 0.25) is 11.7 Å². The lowest BCUT2D eigenvalue weighted by Gasteiger charge is -2.10. The fraction of sp³-hybridized carbons (Fsp3) is 0.200. The second kappa shape index (κ2) is 7.41. The van der Waals surface area contributed by atoms with Gasteiger partial charge in [0.05, 0.1) is 10.7 Å². The van der Waals surface area contributed by atoms with Crippen LogP contribution in [0, 0.1) is 20.8 Å². The van der Waals surface area contributed by atoms with Crippen LogP contribution in [0.15, 0.2) is 47.4 Å². The fourth-order valence-electron chi connectivity index (χ4n) is 2.79. The normalized spacial score (nSPS) is 11.5. The summed E-state index contributed by atoms with van der Waals surface area (Å²) in [6.45, 7) is 5.32. The second-order valence-corrected chi connectivity index (χ2v) is 8.51. The molecule has 6 nitrogen and oxygen atoms in total. The molecule has 0 spiro atoms. The van der Waals surface area contributed by atoms with Crippen LogP contribution in [0.3, 0.4) is 0 Å². The molecule has 146 valence electrons. The van der Waals surface area contributed by atoms with Crippen LogP contribution in [0.1, 0.15) is 32.7 Å². The Kier molecular flexibility index (Phi) is 5.32. The van der Waals surface area contributed by atoms with Gasteiger partial charge >= 0.3 is 10.1 Å². The molecule has 0 radical (unpaired) electrons. The highest BCUT2D eigenvalue weighted by Gasteiger charge is 2.28. The van der Waals surface area contributed by atoms with Crippen LogP contribution in [0.4, 0.5) is 0 Å². The number of ketones is 1. The molecule has 0 fully saturated rings. The molecule has 0 aliphatic carbocycles. The van der Waals surface area contributed by atoms with Gasteiger partial charge in [-0.25, -0.2) is 4.68 Å². The zero-order chi connectivity index (χ0) is 20.6. The van der Waals surface area contributed by atoms with E-state index >= 15 is 0 Å². The Morgan fingerprint density at radius 2 is 1.64 bits per heavy atom. The van der Waals surface area contributed by atoms with Gasteiger partial charge in [0.25, 0.3) is 0 Å². The Hall–Kier alpha value is -2.64. The third-order valence-electron chi connectivity index (χ3n) is 4.26. The smallest absolute Gasteiger partial charge is 0.340 e. The summed E-state index contributed by atoms with van der Waals surface area (Å²) in [5.74, 6) is -0.607. The third kappa shape index (κ3) is 3.81. The minimum absolute atomic E-state index is 0.0104. The van der Waals surface area contributed by atoms with Gasteiger partial charge in [-0.3, -0.25) is 4.79 Å². The summed E-state index contributed by atoms with van der Waals surface area (Å²) in [4.78, 5) is 13.1. The molecule has 0 saturated heterocycles. The molecule has 28 heavy (non-hydrogen) atoms. The molecule has 0 N–H and O–H groups in total. The van der Waals surface area contributed by atoms with Crippen LogP contribution < -0.4 is 4.18 Å². The molecule has 8 heteroatoms. The molecule has 3 rings (SSSR count). The Morgan fingerprint density at radius 1 is 1.04 bits per heavy atom. The summed E-state index contributed by atoms with van der Waals surface area (Å²) in [6.07, 6.45) is 0. The van der Waals surface area contributed by atoms with Crippen LogP contribution >= 0.6 is 11.6 Å². The lowest BCUT2D eigenvalue weighted by atomic mass is 10.0. The first-order valence-corrected chi connectivity index (χ1v) is 10.2. The molecule has 1 heterocycles. The van der Waals surface area contributed by atoms with Gasteiger partial charge in [-0.2, -0.15) is 13.5 Å². The molecule has 3 aromatic rings. The topological polar surface area (TPSA) is 78.3 Å². The third-order valence-corrected chi connectivity index (χ3v) is 5.80. The number of hydrogen-bond acceptors (Lipinski definition) is 5. The Balaban J connectivity index is 2.06. The van der Waals surface area contributed by atoms with Crippen molar-refractivity contribution in [3.8, 4) is 5.88 Å². The number of halogens is 1. The number of nitrogens with zero attached hydrogens (tertiary/aromatic N) is 2. The van der Waals surface area contributed by atoms with Crippen molar-refractivity contribution in [1.29, 1.82) is 0 Å². The Labute approximate surface area is 168 Å². The Morgan fingerprint density at radius 3 is 2.25 bits per heavy atom. The summed E-state index contributed by atoms with van der Waals surface area (Å²) in [6, 6.07) is 11.3. The van der Waals surface area contributed by atoms with Crippen molar-refractivity contribution in [2.45, 2.75) is 25.7 Å². The first kappa shape index (κ1) is 20.1. The molecular formula is C20H19ClN2O4S. The number of aryl methyl sites for hydroxylation is 4. The SMILES string of the molecule is Cc1ccc(S(=O)(=O)Oc2c(C(=O)c3ccc(C)cc3Cl)c(C)nn2C)cc1. The summed E-state index contributed by atoms with van der Waals surface area (Å²) in [7, 11) is -2.63. The monoisotopic (exact) mass is 418 g/mol. The molecule has 0 amide bonds. The van der Waals surface area contributed by atoms with E-state index in [-0.39, 0.29) is 26.9 Å². The first-order chi connectivity index (χ1) is 13.1. The van der Waals surface area contributed by atoms with Gasteiger partial charge < -0.3 is 4.18 Å². The van der Waals surface area contributed by atoms with Gasteiger partial charge in [-0.05, 0) is 50.6 Å². The zero-order valence-electron chi connectivity index (χ0n) is 15.9. The van der Waals surface area contributed by atoms with E-state index in [1.165, 1.54) is 23.9 Å². The lowest BCUT2D eigenvalue weighted by Crippen LogP contribution is -2.15. The standard InChI is InChI=1S/C20H19ClN2O4S/c1-12-5-8-15(9-6-12)28(25,26)27-20-18(14(3)22-23(20)4)19(24)16-10-7-13(2)11-17(16)21/h5-11H,1-4H3. The summed E-state index contributed by atoms with van der Waals surface area (Å²) in [5, 5.41) is 4.44. The molecular weight excluding hydrogens is 400 g/mol. The van der Waals surface area contributed by atoms with Crippen molar-refractivity contribution in [2.24, 2.45) is 7.05 Å². The highest BCUT2D eigenvalue weighted by atomic mass is 35.5.